The van der Waals surface area contributed by atoms with Crippen LogP contribution in [0.1, 0.15) is 46.0 Å². The molecule has 1 unspecified atom stereocenters. The minimum Gasteiger partial charge on any atom is -0.507 e. The van der Waals surface area contributed by atoms with Gasteiger partial charge in [-0.05, 0) is 30.9 Å². The van der Waals surface area contributed by atoms with Gasteiger partial charge in [0.1, 0.15) is 17.1 Å². The summed E-state index contributed by atoms with van der Waals surface area (Å²) in [6.45, 7) is 5.21. The second-order valence-electron chi connectivity index (χ2n) is 7.17. The Morgan fingerprint density at radius 1 is 1.20 bits per heavy atom. The van der Waals surface area contributed by atoms with Gasteiger partial charge in [-0.2, -0.15) is 0 Å². The molecule has 2 rings (SSSR count). The Morgan fingerprint density at radius 3 is 2.40 bits per heavy atom. The van der Waals surface area contributed by atoms with Crippen LogP contribution in [0.4, 0.5) is 0 Å². The van der Waals surface area contributed by atoms with Gasteiger partial charge in [0, 0.05) is 17.5 Å². The van der Waals surface area contributed by atoms with E-state index in [9.17, 15) is 25.2 Å². The maximum atomic E-state index is 12.1. The van der Waals surface area contributed by atoms with E-state index in [-0.39, 0.29) is 23.3 Å². The summed E-state index contributed by atoms with van der Waals surface area (Å²) < 4.78 is 5.55. The van der Waals surface area contributed by atoms with Crippen molar-refractivity contribution in [3.8, 4) is 11.5 Å². The van der Waals surface area contributed by atoms with E-state index in [4.69, 9.17) is 4.74 Å². The van der Waals surface area contributed by atoms with Gasteiger partial charge < -0.3 is 25.2 Å². The fourth-order valence-electron chi connectivity index (χ4n) is 3.31. The van der Waals surface area contributed by atoms with Gasteiger partial charge in [0.25, 0.3) is 0 Å². The van der Waals surface area contributed by atoms with E-state index in [0.717, 1.165) is 11.1 Å². The molecule has 2 aromatic rings. The topological polar surface area (TPSA) is 107 Å². The van der Waals surface area contributed by atoms with Gasteiger partial charge in [0.15, 0.2) is 0 Å². The molecule has 0 amide bonds. The molecule has 0 spiro atoms. The van der Waals surface area contributed by atoms with Crippen LogP contribution in [0.25, 0.3) is 12.2 Å². The van der Waals surface area contributed by atoms with E-state index in [1.807, 2.05) is 37.3 Å². The first kappa shape index (κ1) is 23.2. The average Bonchev–Trinajstić information content (AvgIpc) is 2.72. The number of hydrogen-bond donors (Lipinski definition) is 4. The Labute approximate surface area is 176 Å². The monoisotopic (exact) mass is 412 g/mol. The van der Waals surface area contributed by atoms with Crippen LogP contribution in [-0.2, 0) is 12.8 Å². The van der Waals surface area contributed by atoms with Crippen LogP contribution in [0.15, 0.2) is 42.5 Å². The number of allylic oxidation sites excluding steroid dienone is 1. The number of methoxy groups -OCH3 is 1. The van der Waals surface area contributed by atoms with Crippen molar-refractivity contribution >= 4 is 18.1 Å². The normalized spacial score (nSPS) is 12.1. The van der Waals surface area contributed by atoms with Gasteiger partial charge in [-0.3, -0.25) is 0 Å². The van der Waals surface area contributed by atoms with Crippen molar-refractivity contribution in [1.82, 2.24) is 0 Å². The van der Waals surface area contributed by atoms with Crippen molar-refractivity contribution in [3.05, 3.63) is 70.3 Å². The second kappa shape index (κ2) is 10.6. The van der Waals surface area contributed by atoms with E-state index < -0.39 is 18.7 Å². The number of hydrogen-bond acceptors (Lipinski definition) is 5. The second-order valence-corrected chi connectivity index (χ2v) is 7.17. The molecule has 30 heavy (non-hydrogen) atoms. The largest absolute Gasteiger partial charge is 0.507 e. The van der Waals surface area contributed by atoms with Crippen LogP contribution >= 0.6 is 0 Å². The molecule has 2 aromatic carbocycles. The van der Waals surface area contributed by atoms with Crippen molar-refractivity contribution in [2.24, 2.45) is 0 Å². The molecule has 0 saturated carbocycles. The maximum Gasteiger partial charge on any atom is 0.340 e. The molecular formula is C24H28O6. The molecule has 6 heteroatoms. The zero-order chi connectivity index (χ0) is 22.3. The molecule has 0 aliphatic carbocycles. The van der Waals surface area contributed by atoms with E-state index in [0.29, 0.717) is 29.7 Å². The summed E-state index contributed by atoms with van der Waals surface area (Å²) in [6, 6.07) is 9.29. The van der Waals surface area contributed by atoms with Gasteiger partial charge in [0.2, 0.25) is 0 Å². The molecule has 0 aliphatic rings. The number of carboxylic acids is 1. The molecule has 0 aliphatic heterocycles. The smallest absolute Gasteiger partial charge is 0.340 e. The number of ether oxygens (including phenoxy) is 1. The highest BCUT2D eigenvalue weighted by Gasteiger charge is 2.27. The molecule has 4 N–H and O–H groups in total. The van der Waals surface area contributed by atoms with E-state index in [2.05, 4.69) is 6.58 Å². The van der Waals surface area contributed by atoms with Crippen molar-refractivity contribution < 1.29 is 30.0 Å². The van der Waals surface area contributed by atoms with Gasteiger partial charge in [0.05, 0.1) is 19.8 Å². The lowest BCUT2D eigenvalue weighted by molar-refractivity contribution is 0.0692. The lowest BCUT2D eigenvalue weighted by Crippen LogP contribution is -2.18. The molecular weight excluding hydrogens is 384 g/mol. The van der Waals surface area contributed by atoms with E-state index in [1.54, 1.807) is 12.2 Å². The number of aromatic carboxylic acids is 1. The van der Waals surface area contributed by atoms with Crippen molar-refractivity contribution in [2.45, 2.75) is 32.3 Å². The van der Waals surface area contributed by atoms with Crippen molar-refractivity contribution in [2.75, 3.05) is 13.7 Å². The van der Waals surface area contributed by atoms with Crippen LogP contribution in [0.3, 0.4) is 0 Å². The standard InChI is InChI=1S/C24H28O6/c1-15(2)9-11-19-22(27)21(24(28)29)18(12-10-16-7-5-4-6-8-16)20(23(19)30-3)13-17(26)14-25/h4-8,10,12,17,25-27H,1,9,11,13-14H2,2-3H3,(H,28,29). The number of aliphatic hydroxyl groups excluding tert-OH is 2. The number of phenols is 1. The molecule has 0 aromatic heterocycles. The van der Waals surface area contributed by atoms with Gasteiger partial charge in [-0.15, -0.1) is 6.58 Å². The fraction of sp³-hybridized carbons (Fsp3) is 0.292. The third-order valence-electron chi connectivity index (χ3n) is 4.78. The lowest BCUT2D eigenvalue weighted by Gasteiger charge is -2.22. The number of benzene rings is 2. The van der Waals surface area contributed by atoms with Crippen molar-refractivity contribution in [1.29, 1.82) is 0 Å². The highest BCUT2D eigenvalue weighted by molar-refractivity contribution is 5.98. The molecule has 0 bridgehead atoms. The summed E-state index contributed by atoms with van der Waals surface area (Å²) in [5.74, 6) is -1.35. The zero-order valence-electron chi connectivity index (χ0n) is 17.3. The first-order valence-electron chi connectivity index (χ1n) is 9.64. The van der Waals surface area contributed by atoms with Crippen LogP contribution in [0.2, 0.25) is 0 Å². The summed E-state index contributed by atoms with van der Waals surface area (Å²) in [4.78, 5) is 12.1. The molecule has 160 valence electrons. The Bertz CT molecular complexity index is 931. The molecule has 6 nitrogen and oxygen atoms in total. The zero-order valence-corrected chi connectivity index (χ0v) is 17.3. The Kier molecular flexibility index (Phi) is 8.21. The molecule has 0 fully saturated rings. The summed E-state index contributed by atoms with van der Waals surface area (Å²) in [5, 5.41) is 40.1. The summed E-state index contributed by atoms with van der Waals surface area (Å²) in [7, 11) is 1.43. The number of aliphatic hydroxyl groups is 2. The summed E-state index contributed by atoms with van der Waals surface area (Å²) in [5.41, 5.74) is 2.44. The van der Waals surface area contributed by atoms with Crippen LogP contribution < -0.4 is 4.74 Å². The minimum atomic E-state index is -1.29. The van der Waals surface area contributed by atoms with Crippen LogP contribution in [-0.4, -0.2) is 46.2 Å². The average molecular weight is 412 g/mol. The Morgan fingerprint density at radius 2 is 1.87 bits per heavy atom. The quantitative estimate of drug-likeness (QED) is 0.350. The third-order valence-corrected chi connectivity index (χ3v) is 4.78. The molecule has 0 radical (unpaired) electrons. The van der Waals surface area contributed by atoms with E-state index >= 15 is 0 Å². The first-order valence-corrected chi connectivity index (χ1v) is 9.64. The minimum absolute atomic E-state index is 0.0330. The maximum absolute atomic E-state index is 12.1. The number of rotatable bonds is 10. The summed E-state index contributed by atoms with van der Waals surface area (Å²) >= 11 is 0. The Balaban J connectivity index is 2.77. The predicted octanol–water partition coefficient (Wildman–Crippen LogP) is 3.67. The van der Waals surface area contributed by atoms with Gasteiger partial charge >= 0.3 is 5.97 Å². The summed E-state index contributed by atoms with van der Waals surface area (Å²) in [6.07, 6.45) is 3.03. The third kappa shape index (κ3) is 5.49. The van der Waals surface area contributed by atoms with Crippen LogP contribution in [0, 0.1) is 0 Å². The number of carbonyl (C=O) groups is 1. The fourth-order valence-corrected chi connectivity index (χ4v) is 3.31. The number of carboxylic acid groups (broad SMARTS) is 1. The SMILES string of the molecule is C=C(C)CCc1c(O)c(C(=O)O)c(C=Cc2ccccc2)c(CC(O)CO)c1OC. The predicted molar refractivity (Wildman–Crippen MR) is 117 cm³/mol. The van der Waals surface area contributed by atoms with Crippen molar-refractivity contribution in [3.63, 3.8) is 0 Å². The molecule has 0 heterocycles. The number of aromatic hydroxyl groups is 1. The molecule has 0 saturated heterocycles. The van der Waals surface area contributed by atoms with E-state index in [1.165, 1.54) is 7.11 Å². The highest BCUT2D eigenvalue weighted by atomic mass is 16.5. The Hall–Kier alpha value is -3.09. The first-order chi connectivity index (χ1) is 14.3. The molecule has 1 atom stereocenters. The lowest BCUT2D eigenvalue weighted by atomic mass is 9.89. The van der Waals surface area contributed by atoms with Gasteiger partial charge in [-0.1, -0.05) is 48.1 Å². The van der Waals surface area contributed by atoms with Gasteiger partial charge in [-0.25, -0.2) is 4.79 Å². The highest BCUT2D eigenvalue weighted by Crippen LogP contribution is 2.41. The van der Waals surface area contributed by atoms with Crippen LogP contribution in [0.5, 0.6) is 11.5 Å².